The van der Waals surface area contributed by atoms with Crippen LogP contribution in [0.3, 0.4) is 0 Å². The van der Waals surface area contributed by atoms with E-state index in [4.69, 9.17) is 0 Å². The third kappa shape index (κ3) is 3.65. The van der Waals surface area contributed by atoms with Crippen LogP contribution < -0.4 is 5.32 Å². The molecule has 0 amide bonds. The third-order valence-electron chi connectivity index (χ3n) is 4.08. The molecule has 1 aromatic carbocycles. The summed E-state index contributed by atoms with van der Waals surface area (Å²) < 4.78 is 27.8. The van der Waals surface area contributed by atoms with Crippen molar-refractivity contribution in [1.29, 1.82) is 0 Å². The van der Waals surface area contributed by atoms with Crippen molar-refractivity contribution in [2.75, 3.05) is 19.6 Å². The van der Waals surface area contributed by atoms with E-state index in [1.165, 1.54) is 0 Å². The third-order valence-corrected chi connectivity index (χ3v) is 6.19. The van der Waals surface area contributed by atoms with E-state index in [1.54, 1.807) is 10.4 Å². The van der Waals surface area contributed by atoms with Crippen molar-refractivity contribution >= 4 is 10.0 Å². The number of hydrogen-bond acceptors (Lipinski definition) is 3. The average Bonchev–Trinajstić information content (AvgIpc) is 2.45. The molecule has 1 N–H and O–H groups in total. The molecule has 0 atom stereocenters. The summed E-state index contributed by atoms with van der Waals surface area (Å²) in [5.74, 6) is 0. The summed E-state index contributed by atoms with van der Waals surface area (Å²) in [6, 6.07) is 5.70. The minimum absolute atomic E-state index is 0.122. The molecule has 0 unspecified atom stereocenters. The van der Waals surface area contributed by atoms with Gasteiger partial charge in [0.2, 0.25) is 10.0 Å². The van der Waals surface area contributed by atoms with Gasteiger partial charge in [0, 0.05) is 12.6 Å². The van der Waals surface area contributed by atoms with Gasteiger partial charge >= 0.3 is 0 Å². The summed E-state index contributed by atoms with van der Waals surface area (Å²) in [4.78, 5) is 0.458. The second-order valence-electron chi connectivity index (χ2n) is 5.87. The van der Waals surface area contributed by atoms with E-state index in [2.05, 4.69) is 5.32 Å². The van der Waals surface area contributed by atoms with Gasteiger partial charge in [0.05, 0.1) is 4.90 Å². The van der Waals surface area contributed by atoms with Gasteiger partial charge in [-0.3, -0.25) is 0 Å². The summed E-state index contributed by atoms with van der Waals surface area (Å²) in [6.07, 6.45) is 2.63. The van der Waals surface area contributed by atoms with E-state index < -0.39 is 10.0 Å². The fraction of sp³-hybridized carbons (Fsp3) is 0.625. The maximum absolute atomic E-state index is 13.1. The summed E-state index contributed by atoms with van der Waals surface area (Å²) in [5, 5.41) is 3.30. The predicted molar refractivity (Wildman–Crippen MR) is 86.0 cm³/mol. The Balaban J connectivity index is 2.36. The standard InChI is InChI=1S/C16H26N2O2S/c1-4-11-18(15-7-9-17-10-8-15)21(19,20)16-6-5-13(2)12-14(16)3/h5-6,12,15,17H,4,7-11H2,1-3H3. The van der Waals surface area contributed by atoms with E-state index in [0.717, 1.165) is 43.5 Å². The average molecular weight is 310 g/mol. The number of rotatable bonds is 5. The van der Waals surface area contributed by atoms with Crippen LogP contribution in [0.25, 0.3) is 0 Å². The normalized spacial score (nSPS) is 17.3. The van der Waals surface area contributed by atoms with Crippen LogP contribution in [0.1, 0.15) is 37.3 Å². The fourth-order valence-electron chi connectivity index (χ4n) is 3.03. The highest BCUT2D eigenvalue weighted by Gasteiger charge is 2.32. The van der Waals surface area contributed by atoms with Gasteiger partial charge in [-0.15, -0.1) is 0 Å². The first kappa shape index (κ1) is 16.5. The Morgan fingerprint density at radius 2 is 1.90 bits per heavy atom. The lowest BCUT2D eigenvalue weighted by Gasteiger charge is -2.34. The van der Waals surface area contributed by atoms with Crippen LogP contribution in [0.4, 0.5) is 0 Å². The van der Waals surface area contributed by atoms with Crippen molar-refractivity contribution in [3.05, 3.63) is 29.3 Å². The lowest BCUT2D eigenvalue weighted by atomic mass is 10.1. The van der Waals surface area contributed by atoms with Gasteiger partial charge in [-0.2, -0.15) is 4.31 Å². The second kappa shape index (κ2) is 6.90. The topological polar surface area (TPSA) is 49.4 Å². The molecular formula is C16H26N2O2S. The Hall–Kier alpha value is -0.910. The van der Waals surface area contributed by atoms with E-state index in [0.29, 0.717) is 11.4 Å². The Morgan fingerprint density at radius 1 is 1.24 bits per heavy atom. The number of sulfonamides is 1. The molecule has 0 aromatic heterocycles. The quantitative estimate of drug-likeness (QED) is 0.909. The van der Waals surface area contributed by atoms with E-state index in [1.807, 2.05) is 32.9 Å². The van der Waals surface area contributed by atoms with Crippen molar-refractivity contribution < 1.29 is 8.42 Å². The molecule has 5 heteroatoms. The van der Waals surface area contributed by atoms with Crippen LogP contribution in [0, 0.1) is 13.8 Å². The Kier molecular flexibility index (Phi) is 5.41. The molecule has 4 nitrogen and oxygen atoms in total. The molecule has 0 spiro atoms. The maximum atomic E-state index is 13.1. The molecule has 0 aliphatic carbocycles. The van der Waals surface area contributed by atoms with Gasteiger partial charge in [-0.05, 0) is 57.8 Å². The molecule has 1 heterocycles. The zero-order valence-electron chi connectivity index (χ0n) is 13.2. The number of aryl methyl sites for hydroxylation is 2. The zero-order chi connectivity index (χ0) is 15.5. The van der Waals surface area contributed by atoms with Gasteiger partial charge in [-0.1, -0.05) is 24.6 Å². The number of hydrogen-bond donors (Lipinski definition) is 1. The lowest BCUT2D eigenvalue weighted by Crippen LogP contribution is -2.46. The van der Waals surface area contributed by atoms with Crippen molar-refractivity contribution in [3.8, 4) is 0 Å². The Bertz CT molecular complexity index is 578. The molecule has 118 valence electrons. The molecule has 0 radical (unpaired) electrons. The number of benzene rings is 1. The highest BCUT2D eigenvalue weighted by atomic mass is 32.2. The highest BCUT2D eigenvalue weighted by Crippen LogP contribution is 2.25. The van der Waals surface area contributed by atoms with E-state index in [9.17, 15) is 8.42 Å². The second-order valence-corrected chi connectivity index (χ2v) is 7.72. The van der Waals surface area contributed by atoms with Crippen LogP contribution in [0.2, 0.25) is 0 Å². The fourth-order valence-corrected chi connectivity index (χ4v) is 5.01. The largest absolute Gasteiger partial charge is 0.317 e. The summed E-state index contributed by atoms with van der Waals surface area (Å²) in [5.41, 5.74) is 1.93. The number of nitrogens with zero attached hydrogens (tertiary/aromatic N) is 1. The minimum atomic E-state index is -3.40. The molecule has 1 aromatic rings. The molecule has 1 aliphatic heterocycles. The molecule has 1 fully saturated rings. The van der Waals surface area contributed by atoms with Crippen LogP contribution in [-0.2, 0) is 10.0 Å². The number of nitrogens with one attached hydrogen (secondary N) is 1. The lowest BCUT2D eigenvalue weighted by molar-refractivity contribution is 0.262. The Labute approximate surface area is 128 Å². The zero-order valence-corrected chi connectivity index (χ0v) is 14.0. The monoisotopic (exact) mass is 310 g/mol. The van der Waals surface area contributed by atoms with Crippen molar-refractivity contribution in [2.24, 2.45) is 0 Å². The molecule has 0 bridgehead atoms. The smallest absolute Gasteiger partial charge is 0.243 e. The van der Waals surface area contributed by atoms with Crippen molar-refractivity contribution in [2.45, 2.75) is 51.0 Å². The maximum Gasteiger partial charge on any atom is 0.243 e. The van der Waals surface area contributed by atoms with Crippen LogP contribution in [0.15, 0.2) is 23.1 Å². The highest BCUT2D eigenvalue weighted by molar-refractivity contribution is 7.89. The number of piperidine rings is 1. The van der Waals surface area contributed by atoms with Gasteiger partial charge in [0.25, 0.3) is 0 Å². The molecule has 21 heavy (non-hydrogen) atoms. The predicted octanol–water partition coefficient (Wildman–Crippen LogP) is 2.46. The first-order chi connectivity index (χ1) is 9.96. The van der Waals surface area contributed by atoms with Crippen LogP contribution >= 0.6 is 0 Å². The molecule has 1 aliphatic rings. The Morgan fingerprint density at radius 3 is 2.48 bits per heavy atom. The van der Waals surface area contributed by atoms with E-state index in [-0.39, 0.29) is 6.04 Å². The molecule has 1 saturated heterocycles. The van der Waals surface area contributed by atoms with Gasteiger partial charge in [0.1, 0.15) is 0 Å². The first-order valence-corrected chi connectivity index (χ1v) is 9.20. The first-order valence-electron chi connectivity index (χ1n) is 7.76. The SMILES string of the molecule is CCCN(C1CCNCC1)S(=O)(=O)c1ccc(C)cc1C. The van der Waals surface area contributed by atoms with Crippen LogP contribution in [0.5, 0.6) is 0 Å². The van der Waals surface area contributed by atoms with Crippen molar-refractivity contribution in [3.63, 3.8) is 0 Å². The van der Waals surface area contributed by atoms with E-state index >= 15 is 0 Å². The van der Waals surface area contributed by atoms with Crippen molar-refractivity contribution in [1.82, 2.24) is 9.62 Å². The summed E-state index contributed by atoms with van der Waals surface area (Å²) >= 11 is 0. The molecular weight excluding hydrogens is 284 g/mol. The minimum Gasteiger partial charge on any atom is -0.317 e. The summed E-state index contributed by atoms with van der Waals surface area (Å²) in [7, 11) is -3.40. The van der Waals surface area contributed by atoms with Gasteiger partial charge in [0.15, 0.2) is 0 Å². The van der Waals surface area contributed by atoms with Gasteiger partial charge < -0.3 is 5.32 Å². The summed E-state index contributed by atoms with van der Waals surface area (Å²) in [6.45, 7) is 8.29. The van der Waals surface area contributed by atoms with Crippen LogP contribution in [-0.4, -0.2) is 38.4 Å². The molecule has 0 saturated carbocycles. The van der Waals surface area contributed by atoms with Gasteiger partial charge in [-0.25, -0.2) is 8.42 Å². The molecule has 2 rings (SSSR count).